The van der Waals surface area contributed by atoms with Crippen LogP contribution in [0.15, 0.2) is 0 Å². The lowest BCUT2D eigenvalue weighted by Gasteiger charge is -2.48. The average Bonchev–Trinajstić information content (AvgIpc) is 3.12. The number of aliphatic carboxylic acids is 3. The van der Waals surface area contributed by atoms with Gasteiger partial charge in [0.1, 0.15) is 61.0 Å². The molecule has 56 heavy (non-hydrogen) atoms. The lowest BCUT2D eigenvalue weighted by molar-refractivity contribution is -0.378. The number of hydrogen-bond donors (Lipinski definition) is 11. The molecule has 318 valence electrons. The summed E-state index contributed by atoms with van der Waals surface area (Å²) in [7, 11) is 0.805. The molecule has 0 spiro atoms. The van der Waals surface area contributed by atoms with E-state index in [9.17, 15) is 84.9 Å². The van der Waals surface area contributed by atoms with Gasteiger partial charge in [-0.1, -0.05) is 0 Å². The first-order valence-electron chi connectivity index (χ1n) is 16.2. The third-order valence-corrected chi connectivity index (χ3v) is 8.81. The molecule has 4 aliphatic heterocycles. The van der Waals surface area contributed by atoms with Crippen LogP contribution in [-0.2, 0) is 76.1 Å². The van der Waals surface area contributed by atoms with Gasteiger partial charge in [0, 0.05) is 13.8 Å². The van der Waals surface area contributed by atoms with Gasteiger partial charge < -0.3 is 104 Å². The maximum Gasteiger partial charge on any atom is 0.338 e. The maximum absolute atomic E-state index is 13.1. The highest BCUT2D eigenvalue weighted by Gasteiger charge is 2.60. The number of aliphatic hydroxyl groups excluding tert-OH is 8. The third-order valence-electron chi connectivity index (χ3n) is 8.81. The second kappa shape index (κ2) is 18.2. The molecule has 0 unspecified atom stereocenters. The highest BCUT2D eigenvalue weighted by Crippen LogP contribution is 2.36. The van der Waals surface area contributed by atoms with E-state index in [1.807, 2.05) is 0 Å². The molecule has 4 rings (SSSR count). The Balaban J connectivity index is 1.68. The number of carbonyl (C=O) groups excluding carboxylic acids is 3. The second-order valence-corrected chi connectivity index (χ2v) is 12.6. The van der Waals surface area contributed by atoms with E-state index >= 15 is 0 Å². The van der Waals surface area contributed by atoms with Crippen molar-refractivity contribution in [3.63, 3.8) is 0 Å². The molecule has 11 N–H and O–H groups in total. The van der Waals surface area contributed by atoms with Gasteiger partial charge in [-0.25, -0.2) is 19.2 Å². The smallest absolute Gasteiger partial charge is 0.338 e. The van der Waals surface area contributed by atoms with Crippen molar-refractivity contribution in [2.45, 2.75) is 137 Å². The molecule has 4 fully saturated rings. The molecule has 0 saturated carbocycles. The van der Waals surface area contributed by atoms with Crippen molar-refractivity contribution in [2.75, 3.05) is 7.11 Å². The number of hydrogen-bond acceptors (Lipinski definition) is 24. The molecule has 0 aromatic heterocycles. The lowest BCUT2D eigenvalue weighted by atomic mass is 9.95. The fraction of sp³-hybridized carbons (Fsp3) is 0.793. The zero-order valence-corrected chi connectivity index (χ0v) is 29.0. The van der Waals surface area contributed by atoms with Gasteiger partial charge in [0.15, 0.2) is 61.8 Å². The molecular weight excluding hydrogens is 780 g/mol. The highest BCUT2D eigenvalue weighted by atomic mass is 16.8. The molecule has 0 aliphatic carbocycles. The number of carboxylic acids is 3. The van der Waals surface area contributed by atoms with Crippen LogP contribution in [0.2, 0.25) is 0 Å². The van der Waals surface area contributed by atoms with E-state index in [0.29, 0.717) is 0 Å². The van der Waals surface area contributed by atoms with Crippen LogP contribution in [0.3, 0.4) is 0 Å². The molecule has 20 atom stereocenters. The Bertz CT molecular complexity index is 1460. The van der Waals surface area contributed by atoms with Gasteiger partial charge in [-0.15, -0.1) is 0 Å². The van der Waals surface area contributed by atoms with Gasteiger partial charge in [0.25, 0.3) is 0 Å². The Hall–Kier alpha value is -3.78. The first-order valence-corrected chi connectivity index (χ1v) is 16.2. The minimum absolute atomic E-state index is 0.788. The summed E-state index contributed by atoms with van der Waals surface area (Å²) in [6.07, 6.45) is -45.4. The van der Waals surface area contributed by atoms with Crippen molar-refractivity contribution in [1.29, 1.82) is 0 Å². The molecule has 4 aliphatic rings. The lowest BCUT2D eigenvalue weighted by Crippen LogP contribution is -2.69. The zero-order valence-electron chi connectivity index (χ0n) is 29.0. The first kappa shape index (κ1) is 44.9. The predicted octanol–water partition coefficient (Wildman–Crippen LogP) is -8.15. The summed E-state index contributed by atoms with van der Waals surface area (Å²) in [5, 5.41) is 113. The summed E-state index contributed by atoms with van der Waals surface area (Å²) in [5.74, 6) is -9.53. The van der Waals surface area contributed by atoms with Crippen molar-refractivity contribution in [2.24, 2.45) is 0 Å². The molecule has 4 heterocycles. The minimum Gasteiger partial charge on any atom is -0.479 e. The number of rotatable bonds is 12. The fourth-order valence-electron chi connectivity index (χ4n) is 6.16. The van der Waals surface area contributed by atoms with Crippen LogP contribution in [-0.4, -0.2) is 222 Å². The van der Waals surface area contributed by atoms with Crippen molar-refractivity contribution in [3.8, 4) is 0 Å². The van der Waals surface area contributed by atoms with Gasteiger partial charge in [-0.3, -0.25) is 9.59 Å². The largest absolute Gasteiger partial charge is 0.479 e. The van der Waals surface area contributed by atoms with Gasteiger partial charge in [-0.2, -0.15) is 0 Å². The monoisotopic (exact) mass is 820 g/mol. The number of carbonyl (C=O) groups is 6. The van der Waals surface area contributed by atoms with Crippen molar-refractivity contribution in [1.82, 2.24) is 0 Å². The Labute approximate surface area is 312 Å². The van der Waals surface area contributed by atoms with Gasteiger partial charge >= 0.3 is 35.8 Å². The summed E-state index contributed by atoms with van der Waals surface area (Å²) in [4.78, 5) is 73.4. The quantitative estimate of drug-likeness (QED) is 0.0643. The molecule has 27 nitrogen and oxygen atoms in total. The molecule has 0 aromatic rings. The van der Waals surface area contributed by atoms with E-state index in [2.05, 4.69) is 0 Å². The van der Waals surface area contributed by atoms with E-state index in [4.69, 9.17) is 47.4 Å². The standard InChI is InChI=1S/C29H40O27/c1-4(30)48-14-11(37)29(55-20(24(43)44)17(14)53-27-10(36)6(32)7(33)16(52-27)22(39)40)54-18-15(49-5(2)31)12(38)28(56-21(18)26(46)47-3)51-13-8(34)9(35)25(45)50-19(13)23(41)42/h6-21,25,27-29,32-38,45H,1-3H3,(H,39,40)(H,41,42)(H,43,44)/t6-,7+,8+,9+,10+,11+,12+,13+,14+,15+,16-,17+,18+,19-,20-,21-,25+,27+,28-,29-/m0/s1. The normalized spacial score (nSPS) is 44.2. The molecule has 27 heteroatoms. The molecule has 0 aromatic carbocycles. The third kappa shape index (κ3) is 9.33. The van der Waals surface area contributed by atoms with Crippen LogP contribution in [0.4, 0.5) is 0 Å². The van der Waals surface area contributed by atoms with E-state index in [1.54, 1.807) is 0 Å². The maximum atomic E-state index is 13.1. The minimum atomic E-state index is -2.45. The molecule has 0 bridgehead atoms. The van der Waals surface area contributed by atoms with E-state index < -0.39 is 159 Å². The van der Waals surface area contributed by atoms with Crippen molar-refractivity contribution in [3.05, 3.63) is 0 Å². The Kier molecular flexibility index (Phi) is 14.6. The van der Waals surface area contributed by atoms with Gasteiger partial charge in [-0.05, 0) is 0 Å². The number of carboxylic acid groups (broad SMARTS) is 3. The highest BCUT2D eigenvalue weighted by molar-refractivity contribution is 5.76. The van der Waals surface area contributed by atoms with Crippen molar-refractivity contribution >= 4 is 35.8 Å². The van der Waals surface area contributed by atoms with Crippen LogP contribution in [0.25, 0.3) is 0 Å². The summed E-state index contributed by atoms with van der Waals surface area (Å²) in [5.41, 5.74) is 0. The van der Waals surface area contributed by atoms with Gasteiger partial charge in [0.05, 0.1) is 7.11 Å². The fourth-order valence-corrected chi connectivity index (χ4v) is 6.16. The summed E-state index contributed by atoms with van der Waals surface area (Å²) >= 11 is 0. The predicted molar refractivity (Wildman–Crippen MR) is 160 cm³/mol. The Morgan fingerprint density at radius 1 is 0.429 bits per heavy atom. The van der Waals surface area contributed by atoms with E-state index in [0.717, 1.165) is 21.0 Å². The van der Waals surface area contributed by atoms with Gasteiger partial charge in [0.2, 0.25) is 0 Å². The molecule has 0 amide bonds. The van der Waals surface area contributed by atoms with Crippen LogP contribution in [0.1, 0.15) is 13.8 Å². The number of methoxy groups -OCH3 is 1. The Morgan fingerprint density at radius 2 is 0.821 bits per heavy atom. The number of esters is 3. The topological polar surface area (TPSA) is 417 Å². The summed E-state index contributed by atoms with van der Waals surface area (Å²) < 4.78 is 52.0. The van der Waals surface area contributed by atoms with E-state index in [1.165, 1.54) is 0 Å². The summed E-state index contributed by atoms with van der Waals surface area (Å²) in [6, 6.07) is 0. The van der Waals surface area contributed by atoms with Crippen molar-refractivity contribution < 1.29 is 132 Å². The molecular formula is C29H40O27. The number of ether oxygens (including phenoxy) is 10. The average molecular weight is 821 g/mol. The SMILES string of the molecule is COC(=O)[C@H]1O[C@H](O[C@@H]2[C@H](O)[C@@H](O)[C@H](O)O[C@@H]2C(=O)O)[C@H](O)[C@@H](OC(C)=O)[C@H]1O[C@H]1O[C@H](C(=O)O)[C@H](O[C@H]2O[C@H](C(=O)O)[C@H](O)[C@H](O)[C@H]2O)[C@H](OC(C)=O)[C@H]1O. The van der Waals surface area contributed by atoms with Crippen LogP contribution in [0.5, 0.6) is 0 Å². The zero-order chi connectivity index (χ0) is 42.1. The van der Waals surface area contributed by atoms with Crippen LogP contribution in [0, 0.1) is 0 Å². The Morgan fingerprint density at radius 3 is 1.27 bits per heavy atom. The van der Waals surface area contributed by atoms with E-state index in [-0.39, 0.29) is 0 Å². The second-order valence-electron chi connectivity index (χ2n) is 12.6. The molecule has 4 saturated heterocycles. The summed E-state index contributed by atoms with van der Waals surface area (Å²) in [6.45, 7) is 1.59. The first-order chi connectivity index (χ1) is 26.1. The molecule has 0 radical (unpaired) electrons. The van der Waals surface area contributed by atoms with Crippen LogP contribution < -0.4 is 0 Å². The number of aliphatic hydroxyl groups is 8. The van der Waals surface area contributed by atoms with Crippen LogP contribution >= 0.6 is 0 Å².